The van der Waals surface area contributed by atoms with Gasteiger partial charge in [-0.3, -0.25) is 4.57 Å². The molecular weight excluding hydrogens is 408 g/mol. The van der Waals surface area contributed by atoms with Crippen LogP contribution in [0.5, 0.6) is 5.88 Å². The predicted octanol–water partition coefficient (Wildman–Crippen LogP) is 3.36. The number of likely N-dealkylation sites (tertiary alicyclic amines) is 1. The van der Waals surface area contributed by atoms with Gasteiger partial charge in [-0.2, -0.15) is 4.98 Å². The van der Waals surface area contributed by atoms with Gasteiger partial charge < -0.3 is 19.6 Å². The molecule has 0 aliphatic carbocycles. The Morgan fingerprint density at radius 3 is 2.59 bits per heavy atom. The monoisotopic (exact) mass is 436 g/mol. The van der Waals surface area contributed by atoms with Crippen molar-refractivity contribution in [3.05, 3.63) is 42.2 Å². The lowest BCUT2D eigenvalue weighted by molar-refractivity contribution is 0.145. The van der Waals surface area contributed by atoms with Crippen LogP contribution in [0, 0.1) is 0 Å². The minimum atomic E-state index is -0.916. The van der Waals surface area contributed by atoms with Crippen LogP contribution >= 0.6 is 0 Å². The molecule has 2 aromatic heterocycles. The number of imidazole rings is 1. The maximum absolute atomic E-state index is 11.2. The van der Waals surface area contributed by atoms with Crippen molar-refractivity contribution in [3.63, 3.8) is 0 Å². The van der Waals surface area contributed by atoms with E-state index in [9.17, 15) is 9.90 Å². The molecule has 9 nitrogen and oxygen atoms in total. The normalized spacial score (nSPS) is 19.6. The van der Waals surface area contributed by atoms with Gasteiger partial charge >= 0.3 is 6.09 Å². The van der Waals surface area contributed by atoms with E-state index in [2.05, 4.69) is 56.7 Å². The lowest BCUT2D eigenvalue weighted by atomic mass is 9.90. The van der Waals surface area contributed by atoms with Crippen molar-refractivity contribution in [1.29, 1.82) is 0 Å². The van der Waals surface area contributed by atoms with E-state index >= 15 is 0 Å². The molecule has 4 heterocycles. The van der Waals surface area contributed by atoms with E-state index in [0.29, 0.717) is 36.8 Å². The summed E-state index contributed by atoms with van der Waals surface area (Å²) in [7, 11) is 0. The maximum atomic E-state index is 11.2. The highest BCUT2D eigenvalue weighted by atomic mass is 16.5. The second-order valence-electron chi connectivity index (χ2n) is 8.44. The number of carboxylic acid groups (broad SMARTS) is 1. The average molecular weight is 437 g/mol. The smallest absolute Gasteiger partial charge is 0.407 e. The summed E-state index contributed by atoms with van der Waals surface area (Å²) in [4.78, 5) is 28.6. The molecule has 0 spiro atoms. The molecule has 9 heteroatoms. The summed E-state index contributed by atoms with van der Waals surface area (Å²) in [6.07, 6.45) is 3.17. The highest BCUT2D eigenvalue weighted by Gasteiger charge is 2.30. The van der Waals surface area contributed by atoms with Gasteiger partial charge in [0, 0.05) is 32.6 Å². The molecule has 2 aliphatic rings. The van der Waals surface area contributed by atoms with Gasteiger partial charge in [0.15, 0.2) is 11.2 Å². The zero-order valence-electron chi connectivity index (χ0n) is 18.2. The van der Waals surface area contributed by atoms with E-state index in [0.717, 1.165) is 44.1 Å². The first-order valence-corrected chi connectivity index (χ1v) is 11.3. The summed E-state index contributed by atoms with van der Waals surface area (Å²) < 4.78 is 8.21. The number of ether oxygens (including phenoxy) is 1. The number of benzene rings is 1. The number of aryl methyl sites for hydroxylation is 1. The number of rotatable bonds is 5. The van der Waals surface area contributed by atoms with E-state index in [-0.39, 0.29) is 6.10 Å². The Morgan fingerprint density at radius 1 is 1.12 bits per heavy atom. The third-order valence-corrected chi connectivity index (χ3v) is 6.54. The van der Waals surface area contributed by atoms with Crippen molar-refractivity contribution >= 4 is 23.2 Å². The van der Waals surface area contributed by atoms with Crippen LogP contribution in [0.1, 0.15) is 37.7 Å². The molecule has 32 heavy (non-hydrogen) atoms. The van der Waals surface area contributed by atoms with Gasteiger partial charge in [-0.25, -0.2) is 14.8 Å². The Hall–Kier alpha value is -3.36. The van der Waals surface area contributed by atoms with Gasteiger partial charge in [0.25, 0.3) is 0 Å². The summed E-state index contributed by atoms with van der Waals surface area (Å²) in [5.74, 6) is 1.91. The van der Waals surface area contributed by atoms with Crippen LogP contribution in [0.25, 0.3) is 11.2 Å². The number of anilines is 1. The topological polar surface area (TPSA) is 96.6 Å². The molecule has 1 unspecified atom stereocenters. The molecule has 1 amide bonds. The average Bonchev–Trinajstić information content (AvgIpc) is 3.45. The molecular formula is C23H28N6O3. The fraction of sp³-hybridized carbons (Fsp3) is 0.478. The van der Waals surface area contributed by atoms with Crippen LogP contribution in [-0.4, -0.2) is 67.9 Å². The van der Waals surface area contributed by atoms with E-state index in [1.165, 1.54) is 16.8 Å². The van der Waals surface area contributed by atoms with Gasteiger partial charge in [0.05, 0.1) is 6.54 Å². The molecule has 2 aliphatic heterocycles. The summed E-state index contributed by atoms with van der Waals surface area (Å²) in [6, 6.07) is 10.7. The third kappa shape index (κ3) is 3.83. The molecule has 0 radical (unpaired) electrons. The van der Waals surface area contributed by atoms with Crippen molar-refractivity contribution in [2.24, 2.45) is 0 Å². The second-order valence-corrected chi connectivity index (χ2v) is 8.44. The number of fused-ring (bicyclic) bond motifs is 1. The fourth-order valence-corrected chi connectivity index (χ4v) is 4.82. The third-order valence-electron chi connectivity index (χ3n) is 6.54. The molecule has 2 fully saturated rings. The Morgan fingerprint density at radius 2 is 1.91 bits per heavy atom. The van der Waals surface area contributed by atoms with Crippen LogP contribution in [0.15, 0.2) is 36.7 Å². The zero-order valence-corrected chi connectivity index (χ0v) is 18.2. The van der Waals surface area contributed by atoms with Gasteiger partial charge in [-0.05, 0) is 31.2 Å². The first kappa shape index (κ1) is 20.5. The van der Waals surface area contributed by atoms with Crippen LogP contribution in [-0.2, 0) is 6.54 Å². The minimum Gasteiger partial charge on any atom is -0.471 e. The second kappa shape index (κ2) is 8.64. The van der Waals surface area contributed by atoms with E-state index in [4.69, 9.17) is 9.72 Å². The van der Waals surface area contributed by atoms with Crippen molar-refractivity contribution < 1.29 is 14.6 Å². The molecule has 5 rings (SSSR count). The molecule has 1 N–H and O–H groups in total. The van der Waals surface area contributed by atoms with Crippen molar-refractivity contribution in [3.8, 4) is 5.88 Å². The molecule has 0 saturated carbocycles. The zero-order chi connectivity index (χ0) is 22.1. The number of aromatic nitrogens is 4. The number of hydrogen-bond donors (Lipinski definition) is 1. The van der Waals surface area contributed by atoms with Crippen LogP contribution < -0.4 is 9.64 Å². The van der Waals surface area contributed by atoms with Gasteiger partial charge in [0.1, 0.15) is 12.4 Å². The quantitative estimate of drug-likeness (QED) is 0.655. The molecule has 168 valence electrons. The van der Waals surface area contributed by atoms with Crippen LogP contribution in [0.3, 0.4) is 0 Å². The van der Waals surface area contributed by atoms with E-state index in [1.54, 1.807) is 0 Å². The predicted molar refractivity (Wildman–Crippen MR) is 120 cm³/mol. The standard InChI is InChI=1S/C23H28N6O3/c1-2-29-20-19(21(25-15-24-20)32-18-10-13-28(14-18)23(30)31)26-22(29)27-11-8-17(9-12-27)16-6-4-3-5-7-16/h3-7,15,17-18H,2,8-14H2,1H3,(H,30,31). The summed E-state index contributed by atoms with van der Waals surface area (Å²) >= 11 is 0. The number of carbonyl (C=O) groups is 1. The first-order valence-electron chi connectivity index (χ1n) is 11.3. The van der Waals surface area contributed by atoms with E-state index < -0.39 is 6.09 Å². The number of nitrogens with zero attached hydrogens (tertiary/aromatic N) is 6. The largest absolute Gasteiger partial charge is 0.471 e. The molecule has 1 aromatic carbocycles. The van der Waals surface area contributed by atoms with Crippen molar-refractivity contribution in [2.75, 3.05) is 31.1 Å². The Kier molecular flexibility index (Phi) is 5.55. The lowest BCUT2D eigenvalue weighted by Gasteiger charge is -2.33. The minimum absolute atomic E-state index is 0.221. The van der Waals surface area contributed by atoms with Crippen molar-refractivity contribution in [1.82, 2.24) is 24.4 Å². The van der Waals surface area contributed by atoms with Crippen molar-refractivity contribution in [2.45, 2.75) is 44.8 Å². The number of piperidine rings is 1. The molecule has 1 atom stereocenters. The SMILES string of the molecule is CCn1c(N2CCC(c3ccccc3)CC2)nc2c(OC3CCN(C(=O)O)C3)ncnc21. The fourth-order valence-electron chi connectivity index (χ4n) is 4.82. The highest BCUT2D eigenvalue weighted by molar-refractivity contribution is 5.79. The lowest BCUT2D eigenvalue weighted by Crippen LogP contribution is -2.34. The maximum Gasteiger partial charge on any atom is 0.407 e. The Labute approximate surface area is 186 Å². The van der Waals surface area contributed by atoms with Crippen LogP contribution in [0.4, 0.5) is 10.7 Å². The Balaban J connectivity index is 1.36. The highest BCUT2D eigenvalue weighted by Crippen LogP contribution is 2.33. The first-order chi connectivity index (χ1) is 15.6. The van der Waals surface area contributed by atoms with Gasteiger partial charge in [-0.1, -0.05) is 30.3 Å². The molecule has 0 bridgehead atoms. The number of hydrogen-bond acceptors (Lipinski definition) is 6. The summed E-state index contributed by atoms with van der Waals surface area (Å²) in [5.41, 5.74) is 2.80. The molecule has 2 saturated heterocycles. The van der Waals surface area contributed by atoms with Gasteiger partial charge in [0.2, 0.25) is 11.8 Å². The van der Waals surface area contributed by atoms with Gasteiger partial charge in [-0.15, -0.1) is 0 Å². The van der Waals surface area contributed by atoms with Crippen LogP contribution in [0.2, 0.25) is 0 Å². The number of amides is 1. The Bertz CT molecular complexity index is 1090. The molecule has 3 aromatic rings. The summed E-state index contributed by atoms with van der Waals surface area (Å²) in [5, 5.41) is 9.20. The summed E-state index contributed by atoms with van der Waals surface area (Å²) in [6.45, 7) is 5.52. The van der Waals surface area contributed by atoms with E-state index in [1.807, 2.05) is 0 Å².